The van der Waals surface area contributed by atoms with Crippen molar-refractivity contribution in [3.05, 3.63) is 30.1 Å². The lowest BCUT2D eigenvalue weighted by molar-refractivity contribution is -0.192. The number of carbonyl (C=O) groups is 3. The summed E-state index contributed by atoms with van der Waals surface area (Å²) in [6.45, 7) is 4.77. The predicted molar refractivity (Wildman–Crippen MR) is 103 cm³/mol. The van der Waals surface area contributed by atoms with E-state index in [2.05, 4.69) is 17.2 Å². The van der Waals surface area contributed by atoms with Crippen LogP contribution in [0.3, 0.4) is 0 Å². The van der Waals surface area contributed by atoms with Crippen LogP contribution >= 0.6 is 0 Å². The van der Waals surface area contributed by atoms with Gasteiger partial charge in [-0.15, -0.1) is 0 Å². The van der Waals surface area contributed by atoms with E-state index in [1.807, 2.05) is 4.90 Å². The number of likely N-dealkylation sites (tertiary alicyclic amines) is 1. The van der Waals surface area contributed by atoms with Gasteiger partial charge in [0.1, 0.15) is 0 Å². The van der Waals surface area contributed by atoms with Gasteiger partial charge in [-0.25, -0.2) is 4.79 Å². The fourth-order valence-electron chi connectivity index (χ4n) is 3.52. The van der Waals surface area contributed by atoms with Gasteiger partial charge in [0.15, 0.2) is 0 Å². The number of unbranched alkanes of at least 4 members (excludes halogenated alkanes) is 1. The summed E-state index contributed by atoms with van der Waals surface area (Å²) >= 11 is 0. The second-order valence-electron chi connectivity index (χ2n) is 7.45. The van der Waals surface area contributed by atoms with Crippen LogP contribution in [0.15, 0.2) is 24.5 Å². The van der Waals surface area contributed by atoms with E-state index < -0.39 is 12.1 Å². The number of carboxylic acid groups (broad SMARTS) is 1. The average Bonchev–Trinajstić information content (AvgIpc) is 3.32. The molecule has 3 atom stereocenters. The molecule has 2 amide bonds. The first-order chi connectivity index (χ1) is 14.6. The van der Waals surface area contributed by atoms with E-state index in [0.717, 1.165) is 19.4 Å². The lowest BCUT2D eigenvalue weighted by Gasteiger charge is -2.20. The Labute approximate surface area is 177 Å². The molecule has 11 heteroatoms. The largest absolute Gasteiger partial charge is 0.490 e. The Morgan fingerprint density at radius 1 is 1.32 bits per heavy atom. The van der Waals surface area contributed by atoms with Crippen molar-refractivity contribution in [2.24, 2.45) is 11.8 Å². The molecule has 2 saturated heterocycles. The number of pyridine rings is 1. The van der Waals surface area contributed by atoms with Crippen molar-refractivity contribution >= 4 is 17.8 Å². The highest BCUT2D eigenvalue weighted by atomic mass is 19.4. The molecule has 0 saturated carbocycles. The fourth-order valence-corrected chi connectivity index (χ4v) is 3.52. The molecule has 0 radical (unpaired) electrons. The molecule has 31 heavy (non-hydrogen) atoms. The number of ether oxygens (including phenoxy) is 1. The molecule has 3 rings (SSSR count). The summed E-state index contributed by atoms with van der Waals surface area (Å²) in [5.74, 6) is -2.05. The maximum Gasteiger partial charge on any atom is 0.490 e. The number of carbonyl (C=O) groups excluding carboxylic acids is 2. The van der Waals surface area contributed by atoms with Gasteiger partial charge in [-0.3, -0.25) is 14.6 Å². The number of nitrogens with zero attached hydrogens (tertiary/aromatic N) is 2. The summed E-state index contributed by atoms with van der Waals surface area (Å²) in [7, 11) is 0. The standard InChI is InChI=1S/C18H25N3O3.C2HF3O2/c1-2-3-6-17(22)21-10-15-14(12-24-16(15)11-21)9-20-18(23)13-5-4-7-19-8-13;3-2(4,5)1(6)7/h4-5,7-8,14-16H,2-3,6,9-12H2,1H3,(H,20,23);(H,6,7)/t14-,15+,16+;/m0./s1. The summed E-state index contributed by atoms with van der Waals surface area (Å²) in [5, 5.41) is 10.1. The van der Waals surface area contributed by atoms with Gasteiger partial charge in [-0.1, -0.05) is 13.3 Å². The van der Waals surface area contributed by atoms with E-state index in [-0.39, 0.29) is 23.8 Å². The molecule has 0 aromatic carbocycles. The number of fused-ring (bicyclic) bond motifs is 1. The monoisotopic (exact) mass is 445 g/mol. The number of rotatable bonds is 6. The van der Waals surface area contributed by atoms with Crippen LogP contribution in [0.4, 0.5) is 13.2 Å². The first-order valence-corrected chi connectivity index (χ1v) is 10.0. The van der Waals surface area contributed by atoms with Crippen molar-refractivity contribution in [2.45, 2.75) is 38.5 Å². The highest BCUT2D eigenvalue weighted by molar-refractivity contribution is 5.93. The van der Waals surface area contributed by atoms with Crippen LogP contribution in [0.2, 0.25) is 0 Å². The summed E-state index contributed by atoms with van der Waals surface area (Å²) in [5.41, 5.74) is 0.566. The minimum absolute atomic E-state index is 0.111. The minimum atomic E-state index is -5.08. The quantitative estimate of drug-likeness (QED) is 0.694. The number of aromatic nitrogens is 1. The Kier molecular flexibility index (Phi) is 8.78. The van der Waals surface area contributed by atoms with Gasteiger partial charge < -0.3 is 20.1 Å². The Hall–Kier alpha value is -2.69. The van der Waals surface area contributed by atoms with E-state index in [4.69, 9.17) is 14.6 Å². The van der Waals surface area contributed by atoms with Crippen LogP contribution in [0.5, 0.6) is 0 Å². The number of amides is 2. The number of aliphatic carboxylic acids is 1. The number of hydrogen-bond donors (Lipinski definition) is 2. The molecule has 2 aliphatic rings. The molecular formula is C20H26F3N3O5. The van der Waals surface area contributed by atoms with Crippen LogP contribution in [-0.2, 0) is 14.3 Å². The molecule has 0 unspecified atom stereocenters. The highest BCUT2D eigenvalue weighted by Gasteiger charge is 2.44. The summed E-state index contributed by atoms with van der Waals surface area (Å²) in [4.78, 5) is 39.1. The average molecular weight is 445 g/mol. The first kappa shape index (κ1) is 24.6. The highest BCUT2D eigenvalue weighted by Crippen LogP contribution is 2.33. The first-order valence-electron chi connectivity index (χ1n) is 10.0. The number of carboxylic acids is 1. The lowest BCUT2D eigenvalue weighted by atomic mass is 9.93. The minimum Gasteiger partial charge on any atom is -0.475 e. The molecule has 1 aromatic rings. The summed E-state index contributed by atoms with van der Waals surface area (Å²) in [6.07, 6.45) is 0.846. The van der Waals surface area contributed by atoms with E-state index in [0.29, 0.717) is 37.6 Å². The normalized spacial score (nSPS) is 22.3. The number of alkyl halides is 3. The second-order valence-corrected chi connectivity index (χ2v) is 7.45. The van der Waals surface area contributed by atoms with E-state index in [9.17, 15) is 22.8 Å². The van der Waals surface area contributed by atoms with E-state index in [1.165, 1.54) is 0 Å². The van der Waals surface area contributed by atoms with Crippen molar-refractivity contribution in [2.75, 3.05) is 26.2 Å². The third-order valence-electron chi connectivity index (χ3n) is 5.23. The molecule has 172 valence electrons. The van der Waals surface area contributed by atoms with Crippen LogP contribution in [0.1, 0.15) is 36.5 Å². The van der Waals surface area contributed by atoms with Crippen molar-refractivity contribution in [1.82, 2.24) is 15.2 Å². The zero-order valence-corrected chi connectivity index (χ0v) is 17.1. The van der Waals surface area contributed by atoms with Crippen molar-refractivity contribution in [3.8, 4) is 0 Å². The Morgan fingerprint density at radius 3 is 2.61 bits per heavy atom. The third kappa shape index (κ3) is 7.20. The van der Waals surface area contributed by atoms with E-state index in [1.54, 1.807) is 24.5 Å². The van der Waals surface area contributed by atoms with Crippen LogP contribution < -0.4 is 5.32 Å². The topological polar surface area (TPSA) is 109 Å². The molecule has 0 aliphatic carbocycles. The van der Waals surface area contributed by atoms with E-state index >= 15 is 0 Å². The predicted octanol–water partition coefficient (Wildman–Crippen LogP) is 2.11. The van der Waals surface area contributed by atoms with Gasteiger partial charge in [0.05, 0.1) is 18.3 Å². The van der Waals surface area contributed by atoms with Gasteiger partial charge in [0.2, 0.25) is 5.91 Å². The zero-order chi connectivity index (χ0) is 23.0. The number of hydrogen-bond acceptors (Lipinski definition) is 5. The maximum atomic E-state index is 12.2. The van der Waals surface area contributed by atoms with Crippen molar-refractivity contribution in [1.29, 1.82) is 0 Å². The number of halogens is 3. The van der Waals surface area contributed by atoms with Gasteiger partial charge >= 0.3 is 12.1 Å². The molecule has 2 aliphatic heterocycles. The smallest absolute Gasteiger partial charge is 0.475 e. The van der Waals surface area contributed by atoms with Crippen molar-refractivity contribution in [3.63, 3.8) is 0 Å². The van der Waals surface area contributed by atoms with Gasteiger partial charge in [0.25, 0.3) is 5.91 Å². The number of nitrogens with one attached hydrogen (secondary N) is 1. The van der Waals surface area contributed by atoms with Gasteiger partial charge in [-0.05, 0) is 18.6 Å². The maximum absolute atomic E-state index is 12.2. The zero-order valence-electron chi connectivity index (χ0n) is 17.1. The van der Waals surface area contributed by atoms with Crippen molar-refractivity contribution < 1.29 is 37.4 Å². The molecule has 0 spiro atoms. The summed E-state index contributed by atoms with van der Waals surface area (Å²) < 4.78 is 37.6. The Balaban J connectivity index is 0.000000423. The van der Waals surface area contributed by atoms with Gasteiger partial charge in [-0.2, -0.15) is 13.2 Å². The Bertz CT molecular complexity index is 760. The van der Waals surface area contributed by atoms with Crippen LogP contribution in [0.25, 0.3) is 0 Å². The molecule has 1 aromatic heterocycles. The molecule has 0 bridgehead atoms. The molecule has 2 fully saturated rings. The van der Waals surface area contributed by atoms with Gasteiger partial charge in [0, 0.05) is 50.3 Å². The molecular weight excluding hydrogens is 419 g/mol. The third-order valence-corrected chi connectivity index (χ3v) is 5.23. The molecule has 8 nitrogen and oxygen atoms in total. The molecule has 3 heterocycles. The second kappa shape index (κ2) is 11.1. The SMILES string of the molecule is CCCCC(=O)N1C[C@@H]2[C@@H](CNC(=O)c3cccnc3)CO[C@@H]2C1.O=C(O)C(F)(F)F. The van der Waals surface area contributed by atoms with Crippen LogP contribution in [0, 0.1) is 11.8 Å². The summed E-state index contributed by atoms with van der Waals surface area (Å²) in [6, 6.07) is 3.50. The Morgan fingerprint density at radius 2 is 2.03 bits per heavy atom. The fraction of sp³-hybridized carbons (Fsp3) is 0.600. The lowest BCUT2D eigenvalue weighted by Crippen LogP contribution is -2.35. The van der Waals surface area contributed by atoms with Crippen LogP contribution in [-0.4, -0.2) is 71.3 Å². The molecule has 2 N–H and O–H groups in total.